The summed E-state index contributed by atoms with van der Waals surface area (Å²) in [6, 6.07) is 6.66. The first-order valence-corrected chi connectivity index (χ1v) is 9.49. The van der Waals surface area contributed by atoms with Crippen LogP contribution in [0.25, 0.3) is 10.2 Å². The van der Waals surface area contributed by atoms with Gasteiger partial charge in [-0.3, -0.25) is 0 Å². The molecule has 0 bridgehead atoms. The summed E-state index contributed by atoms with van der Waals surface area (Å²) < 4.78 is 6.79. The Bertz CT molecular complexity index is 733. The summed E-state index contributed by atoms with van der Waals surface area (Å²) in [5.41, 5.74) is 1.91. The largest absolute Gasteiger partial charge is 0.444 e. The van der Waals surface area contributed by atoms with Gasteiger partial charge in [-0.2, -0.15) is 0 Å². The highest BCUT2D eigenvalue weighted by molar-refractivity contribution is 7.18. The van der Waals surface area contributed by atoms with Gasteiger partial charge in [-0.25, -0.2) is 9.78 Å². The van der Waals surface area contributed by atoms with E-state index in [1.807, 2.05) is 25.7 Å². The van der Waals surface area contributed by atoms with Crippen LogP contribution in [0, 0.1) is 6.92 Å². The van der Waals surface area contributed by atoms with Crippen LogP contribution < -0.4 is 0 Å². The summed E-state index contributed by atoms with van der Waals surface area (Å²) in [6.07, 6.45) is 3.82. The van der Waals surface area contributed by atoms with E-state index in [0.29, 0.717) is 0 Å². The van der Waals surface area contributed by atoms with Gasteiger partial charge in [-0.15, -0.1) is 11.3 Å². The van der Waals surface area contributed by atoms with Crippen molar-refractivity contribution in [2.45, 2.75) is 65.0 Å². The summed E-state index contributed by atoms with van der Waals surface area (Å²) in [7, 11) is 0. The third-order valence-corrected chi connectivity index (χ3v) is 5.36. The van der Waals surface area contributed by atoms with E-state index in [9.17, 15) is 4.79 Å². The summed E-state index contributed by atoms with van der Waals surface area (Å²) in [5.74, 6) is 0. The van der Waals surface area contributed by atoms with Crippen molar-refractivity contribution >= 4 is 27.6 Å². The maximum atomic E-state index is 12.4. The number of likely N-dealkylation sites (tertiary alicyclic amines) is 1. The zero-order valence-electron chi connectivity index (χ0n) is 15.0. The number of hydrogen-bond acceptors (Lipinski definition) is 4. The lowest BCUT2D eigenvalue weighted by molar-refractivity contribution is 0.0220. The number of carbonyl (C=O) groups excluding carboxylic acids is 1. The van der Waals surface area contributed by atoms with Crippen molar-refractivity contribution in [1.29, 1.82) is 0 Å². The van der Waals surface area contributed by atoms with Crippen molar-refractivity contribution in [3.8, 4) is 0 Å². The third kappa shape index (κ3) is 4.07. The SMILES string of the molecule is Cc1ccc2nc(CC[C@@H]3CCCN3C(=O)OC(C)(C)C)sc2c1. The first kappa shape index (κ1) is 17.2. The molecule has 1 fully saturated rings. The molecule has 1 saturated heterocycles. The highest BCUT2D eigenvalue weighted by atomic mass is 32.1. The van der Waals surface area contributed by atoms with Crippen molar-refractivity contribution in [2.24, 2.45) is 0 Å². The lowest BCUT2D eigenvalue weighted by Crippen LogP contribution is -2.40. The van der Waals surface area contributed by atoms with Crippen molar-refractivity contribution in [2.75, 3.05) is 6.54 Å². The second kappa shape index (κ2) is 6.71. The van der Waals surface area contributed by atoms with Gasteiger partial charge in [0.25, 0.3) is 0 Å². The molecular weight excluding hydrogens is 320 g/mol. The number of aromatic nitrogens is 1. The van der Waals surface area contributed by atoms with Gasteiger partial charge in [-0.1, -0.05) is 6.07 Å². The Hall–Kier alpha value is -1.62. The Morgan fingerprint density at radius 3 is 2.96 bits per heavy atom. The number of thiazole rings is 1. The summed E-state index contributed by atoms with van der Waals surface area (Å²) in [5, 5.41) is 1.16. The average molecular weight is 346 g/mol. The van der Waals surface area contributed by atoms with E-state index < -0.39 is 5.60 Å². The second-order valence-electron chi connectivity index (χ2n) is 7.59. The first-order chi connectivity index (χ1) is 11.3. The van der Waals surface area contributed by atoms with Crippen molar-refractivity contribution < 1.29 is 9.53 Å². The number of benzene rings is 1. The molecule has 130 valence electrons. The fourth-order valence-corrected chi connectivity index (χ4v) is 4.25. The molecule has 5 heteroatoms. The molecule has 0 N–H and O–H groups in total. The lowest BCUT2D eigenvalue weighted by Gasteiger charge is -2.28. The molecule has 1 amide bonds. The van der Waals surface area contributed by atoms with Crippen LogP contribution in [-0.4, -0.2) is 34.2 Å². The molecule has 2 aromatic rings. The highest BCUT2D eigenvalue weighted by Crippen LogP contribution is 2.27. The molecule has 1 atom stereocenters. The zero-order valence-corrected chi connectivity index (χ0v) is 15.8. The van der Waals surface area contributed by atoms with Crippen LogP contribution in [-0.2, 0) is 11.2 Å². The summed E-state index contributed by atoms with van der Waals surface area (Å²) in [4.78, 5) is 19.0. The molecule has 0 spiro atoms. The Kier molecular flexibility index (Phi) is 4.81. The first-order valence-electron chi connectivity index (χ1n) is 8.67. The molecule has 1 aromatic carbocycles. The smallest absolute Gasteiger partial charge is 0.410 e. The number of amides is 1. The molecule has 0 aliphatic carbocycles. The maximum Gasteiger partial charge on any atom is 0.410 e. The molecule has 24 heavy (non-hydrogen) atoms. The minimum atomic E-state index is -0.435. The molecule has 1 aromatic heterocycles. The number of carbonyl (C=O) groups is 1. The van der Waals surface area contributed by atoms with Crippen LogP contribution in [0.5, 0.6) is 0 Å². The molecule has 0 saturated carbocycles. The maximum absolute atomic E-state index is 12.4. The van der Waals surface area contributed by atoms with E-state index in [1.54, 1.807) is 11.3 Å². The van der Waals surface area contributed by atoms with Crippen LogP contribution in [0.2, 0.25) is 0 Å². The molecular formula is C19H26N2O2S. The van der Waals surface area contributed by atoms with E-state index in [-0.39, 0.29) is 12.1 Å². The fraction of sp³-hybridized carbons (Fsp3) is 0.579. The predicted octanol–water partition coefficient (Wildman–Crippen LogP) is 4.94. The van der Waals surface area contributed by atoms with E-state index >= 15 is 0 Å². The van der Waals surface area contributed by atoms with Crippen molar-refractivity contribution in [3.05, 3.63) is 28.8 Å². The minimum absolute atomic E-state index is 0.176. The topological polar surface area (TPSA) is 42.4 Å². The Morgan fingerprint density at radius 2 is 2.21 bits per heavy atom. The number of nitrogens with zero attached hydrogens (tertiary/aromatic N) is 2. The molecule has 0 radical (unpaired) electrons. The van der Waals surface area contributed by atoms with E-state index in [2.05, 4.69) is 25.1 Å². The van der Waals surface area contributed by atoms with Crippen LogP contribution in [0.3, 0.4) is 0 Å². The summed E-state index contributed by atoms with van der Waals surface area (Å²) >= 11 is 1.77. The van der Waals surface area contributed by atoms with Gasteiger partial charge in [0.2, 0.25) is 0 Å². The van der Waals surface area contributed by atoms with Gasteiger partial charge in [0.1, 0.15) is 5.60 Å². The lowest BCUT2D eigenvalue weighted by atomic mass is 10.1. The van der Waals surface area contributed by atoms with Gasteiger partial charge >= 0.3 is 6.09 Å². The molecule has 3 rings (SSSR count). The monoisotopic (exact) mass is 346 g/mol. The number of fused-ring (bicyclic) bond motifs is 1. The molecule has 1 aliphatic heterocycles. The predicted molar refractivity (Wildman–Crippen MR) is 98.6 cm³/mol. The van der Waals surface area contributed by atoms with Gasteiger partial charge < -0.3 is 9.64 Å². The average Bonchev–Trinajstić information content (AvgIpc) is 3.08. The Balaban J connectivity index is 1.63. The van der Waals surface area contributed by atoms with Crippen molar-refractivity contribution in [3.63, 3.8) is 0 Å². The number of rotatable bonds is 3. The van der Waals surface area contributed by atoms with E-state index in [4.69, 9.17) is 9.72 Å². The molecule has 4 nitrogen and oxygen atoms in total. The standard InChI is InChI=1S/C19H26N2O2S/c1-13-7-9-15-16(12-13)24-17(20-15)10-8-14-6-5-11-21(14)18(22)23-19(2,3)4/h7,9,12,14H,5-6,8,10-11H2,1-4H3/t14-/m0/s1. The van der Waals surface area contributed by atoms with Crippen LogP contribution in [0.4, 0.5) is 4.79 Å². The van der Waals surface area contributed by atoms with E-state index in [0.717, 1.165) is 42.8 Å². The molecule has 0 unspecified atom stereocenters. The van der Waals surface area contributed by atoms with Crippen molar-refractivity contribution in [1.82, 2.24) is 9.88 Å². The van der Waals surface area contributed by atoms with Gasteiger partial charge in [-0.05, 0) is 64.7 Å². The quantitative estimate of drug-likeness (QED) is 0.791. The van der Waals surface area contributed by atoms with Crippen LogP contribution >= 0.6 is 11.3 Å². The van der Waals surface area contributed by atoms with Crippen LogP contribution in [0.1, 0.15) is 50.6 Å². The van der Waals surface area contributed by atoms with Gasteiger partial charge in [0, 0.05) is 19.0 Å². The summed E-state index contributed by atoms with van der Waals surface area (Å²) in [6.45, 7) is 8.66. The number of ether oxygens (including phenoxy) is 1. The minimum Gasteiger partial charge on any atom is -0.444 e. The number of hydrogen-bond donors (Lipinski definition) is 0. The Morgan fingerprint density at radius 1 is 1.42 bits per heavy atom. The van der Waals surface area contributed by atoms with Crippen LogP contribution in [0.15, 0.2) is 18.2 Å². The van der Waals surface area contributed by atoms with Gasteiger partial charge in [0.15, 0.2) is 0 Å². The zero-order chi connectivity index (χ0) is 17.3. The highest BCUT2D eigenvalue weighted by Gasteiger charge is 2.31. The molecule has 2 heterocycles. The normalized spacial score (nSPS) is 18.3. The molecule has 1 aliphatic rings. The number of aryl methyl sites for hydroxylation is 2. The Labute approximate surface area is 147 Å². The van der Waals surface area contributed by atoms with E-state index in [1.165, 1.54) is 10.3 Å². The third-order valence-electron chi connectivity index (χ3n) is 4.28. The second-order valence-corrected chi connectivity index (χ2v) is 8.70. The van der Waals surface area contributed by atoms with Gasteiger partial charge in [0.05, 0.1) is 15.2 Å². The fourth-order valence-electron chi connectivity index (χ4n) is 3.17.